The highest BCUT2D eigenvalue weighted by molar-refractivity contribution is 14.0. The van der Waals surface area contributed by atoms with Gasteiger partial charge in [-0.1, -0.05) is 0 Å². The minimum atomic E-state index is -4.51. The average molecular weight is 482 g/mol. The summed E-state index contributed by atoms with van der Waals surface area (Å²) in [5, 5.41) is 5.55. The van der Waals surface area contributed by atoms with E-state index in [1.807, 2.05) is 0 Å². The molecule has 0 bridgehead atoms. The number of halogens is 4. The van der Waals surface area contributed by atoms with Gasteiger partial charge in [-0.05, 0) is 30.3 Å². The highest BCUT2D eigenvalue weighted by Crippen LogP contribution is 2.27. The van der Waals surface area contributed by atoms with Crippen molar-refractivity contribution in [1.29, 1.82) is 0 Å². The van der Waals surface area contributed by atoms with Crippen molar-refractivity contribution >= 4 is 41.6 Å². The van der Waals surface area contributed by atoms with E-state index in [0.717, 1.165) is 18.0 Å². The van der Waals surface area contributed by atoms with Crippen LogP contribution < -0.4 is 21.1 Å². The van der Waals surface area contributed by atoms with E-state index in [-0.39, 0.29) is 49.0 Å². The highest BCUT2D eigenvalue weighted by Gasteiger charge is 2.32. The van der Waals surface area contributed by atoms with E-state index >= 15 is 0 Å². The standard InChI is InChI=1S/C15H17F3N6O.HI/c1-25-11-4-2-10(3-5-11)23-13(19)20-8-9-22-14-21-7-6-12(24-14)15(16,17)18;/h2-7H,8-9H2,1H3,(H3,19,20,23)(H,21,22,24);1H. The fraction of sp³-hybridized carbons (Fsp3) is 0.267. The summed E-state index contributed by atoms with van der Waals surface area (Å²) in [5.41, 5.74) is 5.46. The second-order valence-corrected chi connectivity index (χ2v) is 4.81. The van der Waals surface area contributed by atoms with Crippen molar-refractivity contribution in [2.75, 3.05) is 30.8 Å². The second kappa shape index (κ2) is 9.99. The maximum atomic E-state index is 12.5. The number of hydrogen-bond donors (Lipinski definition) is 3. The molecule has 0 aliphatic heterocycles. The molecule has 0 radical (unpaired) electrons. The number of nitrogens with zero attached hydrogens (tertiary/aromatic N) is 3. The summed E-state index contributed by atoms with van der Waals surface area (Å²) in [5.74, 6) is 0.773. The molecule has 0 amide bonds. The van der Waals surface area contributed by atoms with E-state index in [9.17, 15) is 13.2 Å². The van der Waals surface area contributed by atoms with Crippen LogP contribution in [0.25, 0.3) is 0 Å². The molecule has 0 unspecified atom stereocenters. The first-order valence-electron chi connectivity index (χ1n) is 7.23. The Morgan fingerprint density at radius 2 is 1.92 bits per heavy atom. The number of alkyl halides is 3. The van der Waals surface area contributed by atoms with E-state index in [1.54, 1.807) is 31.4 Å². The largest absolute Gasteiger partial charge is 0.497 e. The first-order valence-corrected chi connectivity index (χ1v) is 7.23. The zero-order valence-corrected chi connectivity index (χ0v) is 16.1. The average Bonchev–Trinajstić information content (AvgIpc) is 2.59. The third-order valence-corrected chi connectivity index (χ3v) is 2.99. The van der Waals surface area contributed by atoms with E-state index in [2.05, 4.69) is 25.6 Å². The molecule has 142 valence electrons. The predicted octanol–water partition coefficient (Wildman–Crippen LogP) is 2.96. The molecule has 1 heterocycles. The molecule has 1 aromatic heterocycles. The number of rotatable bonds is 6. The van der Waals surface area contributed by atoms with E-state index < -0.39 is 11.9 Å². The molecule has 2 rings (SSSR count). The third kappa shape index (κ3) is 6.90. The molecule has 0 fully saturated rings. The van der Waals surface area contributed by atoms with E-state index in [1.165, 1.54) is 0 Å². The van der Waals surface area contributed by atoms with Crippen molar-refractivity contribution in [3.05, 3.63) is 42.2 Å². The zero-order valence-electron chi connectivity index (χ0n) is 13.7. The van der Waals surface area contributed by atoms with Gasteiger partial charge in [0.1, 0.15) is 11.4 Å². The lowest BCUT2D eigenvalue weighted by molar-refractivity contribution is -0.141. The Hall–Kier alpha value is -2.31. The van der Waals surface area contributed by atoms with Crippen molar-refractivity contribution < 1.29 is 17.9 Å². The minimum Gasteiger partial charge on any atom is -0.497 e. The predicted molar refractivity (Wildman–Crippen MR) is 104 cm³/mol. The monoisotopic (exact) mass is 482 g/mol. The van der Waals surface area contributed by atoms with Crippen molar-refractivity contribution in [3.63, 3.8) is 0 Å². The van der Waals surface area contributed by atoms with Crippen molar-refractivity contribution in [2.24, 2.45) is 10.7 Å². The lowest BCUT2D eigenvalue weighted by Gasteiger charge is -2.08. The number of anilines is 2. The van der Waals surface area contributed by atoms with Crippen LogP contribution in [0.3, 0.4) is 0 Å². The minimum absolute atomic E-state index is 0. The molecule has 2 aromatic rings. The van der Waals surface area contributed by atoms with Gasteiger partial charge >= 0.3 is 6.18 Å². The molecule has 7 nitrogen and oxygen atoms in total. The Bertz CT molecular complexity index is 724. The summed E-state index contributed by atoms with van der Waals surface area (Å²) in [6, 6.07) is 7.89. The first kappa shape index (κ1) is 21.7. The molecule has 0 spiro atoms. The normalized spacial score (nSPS) is 11.5. The molecule has 0 saturated carbocycles. The lowest BCUT2D eigenvalue weighted by atomic mass is 10.3. The van der Waals surface area contributed by atoms with E-state index in [0.29, 0.717) is 5.75 Å². The van der Waals surface area contributed by atoms with Crippen LogP contribution in [-0.2, 0) is 6.18 Å². The van der Waals surface area contributed by atoms with Gasteiger partial charge in [0.05, 0.1) is 13.7 Å². The Morgan fingerprint density at radius 1 is 1.23 bits per heavy atom. The number of ether oxygens (including phenoxy) is 1. The molecular formula is C15H18F3IN6O. The van der Waals surface area contributed by atoms with Gasteiger partial charge < -0.3 is 21.1 Å². The van der Waals surface area contributed by atoms with Crippen LogP contribution in [0.5, 0.6) is 5.75 Å². The number of nitrogens with one attached hydrogen (secondary N) is 2. The molecule has 0 atom stereocenters. The summed E-state index contributed by atoms with van der Waals surface area (Å²) < 4.78 is 42.7. The summed E-state index contributed by atoms with van der Waals surface area (Å²) in [6.07, 6.45) is -3.47. The van der Waals surface area contributed by atoms with Gasteiger partial charge in [-0.2, -0.15) is 13.2 Å². The molecule has 4 N–H and O–H groups in total. The van der Waals surface area contributed by atoms with Crippen LogP contribution in [0.4, 0.5) is 24.8 Å². The SMILES string of the molecule is COc1ccc(NC(N)=NCCNc2nccc(C(F)(F)F)n2)cc1.I. The Kier molecular flexibility index (Phi) is 8.35. The molecule has 26 heavy (non-hydrogen) atoms. The summed E-state index contributed by atoms with van der Waals surface area (Å²) >= 11 is 0. The number of hydrogen-bond acceptors (Lipinski definition) is 5. The van der Waals surface area contributed by atoms with Crippen molar-refractivity contribution in [1.82, 2.24) is 9.97 Å². The quantitative estimate of drug-likeness (QED) is 0.254. The number of aromatic nitrogens is 2. The molecular weight excluding hydrogens is 464 g/mol. The number of benzene rings is 1. The number of guanidine groups is 1. The fourth-order valence-electron chi connectivity index (χ4n) is 1.81. The smallest absolute Gasteiger partial charge is 0.433 e. The maximum Gasteiger partial charge on any atom is 0.433 e. The summed E-state index contributed by atoms with van der Waals surface area (Å²) in [4.78, 5) is 11.2. The number of methoxy groups -OCH3 is 1. The molecule has 11 heteroatoms. The maximum absolute atomic E-state index is 12.5. The molecule has 0 saturated heterocycles. The second-order valence-electron chi connectivity index (χ2n) is 4.81. The Morgan fingerprint density at radius 3 is 2.54 bits per heavy atom. The number of aliphatic imine (C=N–C) groups is 1. The molecule has 0 aliphatic rings. The van der Waals surface area contributed by atoms with Gasteiger partial charge in [0.15, 0.2) is 5.96 Å². The number of nitrogens with two attached hydrogens (primary N) is 1. The topological polar surface area (TPSA) is 97.5 Å². The Balaban J connectivity index is 0.00000338. The molecule has 0 aliphatic carbocycles. The highest BCUT2D eigenvalue weighted by atomic mass is 127. The van der Waals surface area contributed by atoms with Crippen LogP contribution >= 0.6 is 24.0 Å². The Labute approximate surface area is 165 Å². The summed E-state index contributed by atoms with van der Waals surface area (Å²) in [7, 11) is 1.57. The first-order chi connectivity index (χ1) is 11.9. The van der Waals surface area contributed by atoms with Gasteiger partial charge in [-0.25, -0.2) is 9.97 Å². The third-order valence-electron chi connectivity index (χ3n) is 2.99. The lowest BCUT2D eigenvalue weighted by Crippen LogP contribution is -2.24. The van der Waals surface area contributed by atoms with Crippen LogP contribution in [-0.4, -0.2) is 36.1 Å². The van der Waals surface area contributed by atoms with Crippen LogP contribution in [0.2, 0.25) is 0 Å². The van der Waals surface area contributed by atoms with Crippen molar-refractivity contribution in [3.8, 4) is 5.75 Å². The van der Waals surface area contributed by atoms with Gasteiger partial charge in [-0.3, -0.25) is 4.99 Å². The van der Waals surface area contributed by atoms with Gasteiger partial charge in [0.2, 0.25) is 5.95 Å². The van der Waals surface area contributed by atoms with Crippen molar-refractivity contribution in [2.45, 2.75) is 6.18 Å². The van der Waals surface area contributed by atoms with Gasteiger partial charge in [0, 0.05) is 18.4 Å². The van der Waals surface area contributed by atoms with Gasteiger partial charge in [-0.15, -0.1) is 24.0 Å². The molecule has 1 aromatic carbocycles. The summed E-state index contributed by atoms with van der Waals surface area (Å²) in [6.45, 7) is 0.459. The zero-order chi connectivity index (χ0) is 18.3. The van der Waals surface area contributed by atoms with Crippen LogP contribution in [0.1, 0.15) is 5.69 Å². The van der Waals surface area contributed by atoms with Crippen LogP contribution in [0, 0.1) is 0 Å². The van der Waals surface area contributed by atoms with Gasteiger partial charge in [0.25, 0.3) is 0 Å². The van der Waals surface area contributed by atoms with E-state index in [4.69, 9.17) is 10.5 Å². The van der Waals surface area contributed by atoms with Crippen LogP contribution in [0.15, 0.2) is 41.5 Å². The fourth-order valence-corrected chi connectivity index (χ4v) is 1.81.